The zero-order chi connectivity index (χ0) is 17.4. The number of ether oxygens (including phenoxy) is 1. The van der Waals surface area contributed by atoms with Crippen molar-refractivity contribution >= 4 is 14.1 Å². The summed E-state index contributed by atoms with van der Waals surface area (Å²) in [6.07, 6.45) is 7.67. The van der Waals surface area contributed by atoms with E-state index in [0.29, 0.717) is 6.42 Å². The van der Waals surface area contributed by atoms with Gasteiger partial charge in [-0.2, -0.15) is 4.98 Å². The summed E-state index contributed by atoms with van der Waals surface area (Å²) in [5.41, 5.74) is 4.84. The minimum Gasteiger partial charge on any atom is -0.383 e. The lowest BCUT2D eigenvalue weighted by Crippen LogP contribution is -2.28. The Morgan fingerprint density at radius 2 is 2.16 bits per heavy atom. The fourth-order valence-corrected chi connectivity index (χ4v) is 5.17. The molecule has 1 aromatic rings. The smallest absolute Gasteiger partial charge is 0.383 e. The average molecular weight is 368 g/mol. The Kier molecular flexibility index (Phi) is 4.62. The zero-order valence-electron chi connectivity index (χ0n) is 14.0. The van der Waals surface area contributed by atoms with Gasteiger partial charge in [-0.25, -0.2) is 4.79 Å². The fourth-order valence-electron chi connectivity index (χ4n) is 4.25. The number of hydrogen-bond acceptors (Lipinski definition) is 7. The van der Waals surface area contributed by atoms with Gasteiger partial charge >= 0.3 is 13.9 Å². The van der Waals surface area contributed by atoms with Crippen LogP contribution in [0.15, 0.2) is 17.1 Å². The molecule has 3 fully saturated rings. The molecule has 1 aromatic heterocycles. The first-order chi connectivity index (χ1) is 12.0. The highest BCUT2D eigenvalue weighted by atomic mass is 31.1. The van der Waals surface area contributed by atoms with Crippen molar-refractivity contribution in [1.29, 1.82) is 0 Å². The molecule has 4 rings (SSSR count). The Hall–Kier alpha value is -1.34. The molecular weight excluding hydrogens is 345 g/mol. The maximum atomic E-state index is 12.2. The van der Waals surface area contributed by atoms with Crippen molar-refractivity contribution in [2.75, 3.05) is 12.3 Å². The molecule has 136 valence electrons. The van der Waals surface area contributed by atoms with Crippen molar-refractivity contribution in [3.05, 3.63) is 22.7 Å². The second kappa shape index (κ2) is 6.76. The highest BCUT2D eigenvalue weighted by Crippen LogP contribution is 2.53. The molecule has 2 aliphatic carbocycles. The Balaban J connectivity index is 1.27. The van der Waals surface area contributed by atoms with Crippen LogP contribution in [-0.4, -0.2) is 27.9 Å². The van der Waals surface area contributed by atoms with E-state index in [1.807, 2.05) is 0 Å². The largest absolute Gasteiger partial charge is 0.698 e. The van der Waals surface area contributed by atoms with E-state index >= 15 is 0 Å². The van der Waals surface area contributed by atoms with Crippen LogP contribution in [0, 0.1) is 5.92 Å². The molecule has 3 atom stereocenters. The Morgan fingerprint density at radius 1 is 1.36 bits per heavy atom. The van der Waals surface area contributed by atoms with Crippen molar-refractivity contribution in [3.8, 4) is 0 Å². The van der Waals surface area contributed by atoms with E-state index < -0.39 is 20.2 Å². The Morgan fingerprint density at radius 3 is 2.84 bits per heavy atom. The molecule has 25 heavy (non-hydrogen) atoms. The molecule has 8 nitrogen and oxygen atoms in total. The molecule has 0 spiro atoms. The van der Waals surface area contributed by atoms with Gasteiger partial charge in [0.05, 0.1) is 6.10 Å². The van der Waals surface area contributed by atoms with Crippen LogP contribution in [0.25, 0.3) is 0 Å². The van der Waals surface area contributed by atoms with E-state index in [2.05, 4.69) is 4.98 Å². The quantitative estimate of drug-likeness (QED) is 0.769. The third-order valence-electron chi connectivity index (χ3n) is 5.56. The number of nitrogens with two attached hydrogens (primary N) is 1. The monoisotopic (exact) mass is 368 g/mol. The van der Waals surface area contributed by atoms with E-state index in [0.717, 1.165) is 31.6 Å². The van der Waals surface area contributed by atoms with Crippen LogP contribution in [-0.2, 0) is 18.3 Å². The van der Waals surface area contributed by atoms with Gasteiger partial charge in [0.15, 0.2) is 0 Å². The standard InChI is InChI=1S/C16H22N3O5P/c17-13-5-8-19(15(20)18-13)14-2-1-12(23-14)10-22-25(21)24-16-6-3-11(9-16)4-7-16/h5,8,11-12,14H,1-4,6-7,9-10H2,(H-,17,18,20)/p+1/t11?,12-,14+,16?/m0/s1. The molecule has 1 aliphatic heterocycles. The summed E-state index contributed by atoms with van der Waals surface area (Å²) in [4.78, 5) is 15.6. The lowest BCUT2D eigenvalue weighted by atomic mass is 9.98. The van der Waals surface area contributed by atoms with Gasteiger partial charge in [0.25, 0.3) is 0 Å². The second-order valence-corrected chi connectivity index (χ2v) is 8.16. The molecule has 2 saturated carbocycles. The maximum Gasteiger partial charge on any atom is 0.698 e. The molecule has 0 aromatic carbocycles. The average Bonchev–Trinajstić information content (AvgIpc) is 3.28. The summed E-state index contributed by atoms with van der Waals surface area (Å²) < 4.78 is 30.5. The summed E-state index contributed by atoms with van der Waals surface area (Å²) in [5, 5.41) is 0. The minimum absolute atomic E-state index is 0.189. The summed E-state index contributed by atoms with van der Waals surface area (Å²) in [7, 11) is -2.14. The molecular formula is C16H23N3O5P+. The first kappa shape index (κ1) is 17.1. The van der Waals surface area contributed by atoms with Gasteiger partial charge < -0.3 is 10.5 Å². The maximum absolute atomic E-state index is 12.2. The highest BCUT2D eigenvalue weighted by Gasteiger charge is 2.52. The summed E-state index contributed by atoms with van der Waals surface area (Å²) in [6.45, 7) is 0.197. The summed E-state index contributed by atoms with van der Waals surface area (Å²) in [5.74, 6) is 0.919. The van der Waals surface area contributed by atoms with Crippen LogP contribution in [0.4, 0.5) is 5.82 Å². The molecule has 3 aliphatic rings. The van der Waals surface area contributed by atoms with Gasteiger partial charge in [-0.1, -0.05) is 0 Å². The normalized spacial score (nSPS) is 34.6. The second-order valence-electron chi connectivity index (χ2n) is 7.27. The Bertz CT molecular complexity index is 716. The molecule has 1 saturated heterocycles. The number of rotatable bonds is 6. The fraction of sp³-hybridized carbons (Fsp3) is 0.750. The Labute approximate surface area is 146 Å². The first-order valence-corrected chi connectivity index (χ1v) is 9.92. The molecule has 9 heteroatoms. The molecule has 2 N–H and O–H groups in total. The third-order valence-corrected chi connectivity index (χ3v) is 6.45. The predicted molar refractivity (Wildman–Crippen MR) is 90.0 cm³/mol. The predicted octanol–water partition coefficient (Wildman–Crippen LogP) is 2.53. The molecule has 0 amide bonds. The van der Waals surface area contributed by atoms with Crippen LogP contribution < -0.4 is 11.4 Å². The SMILES string of the molecule is Nc1ccn([C@H]2CC[C@@H](CO[P+](=O)OC34CCC(CC3)C4)O2)c(=O)n1. The van der Waals surface area contributed by atoms with E-state index in [1.54, 1.807) is 12.3 Å². The topological polar surface area (TPSA) is 106 Å². The van der Waals surface area contributed by atoms with Crippen LogP contribution in [0.3, 0.4) is 0 Å². The van der Waals surface area contributed by atoms with Gasteiger partial charge in [0.2, 0.25) is 0 Å². The van der Waals surface area contributed by atoms with E-state index in [1.165, 1.54) is 17.4 Å². The van der Waals surface area contributed by atoms with E-state index in [-0.39, 0.29) is 24.1 Å². The van der Waals surface area contributed by atoms with Crippen molar-refractivity contribution in [2.45, 2.75) is 62.9 Å². The lowest BCUT2D eigenvalue weighted by Gasteiger charge is -2.18. The van der Waals surface area contributed by atoms with E-state index in [4.69, 9.17) is 19.5 Å². The minimum atomic E-state index is -2.14. The molecule has 1 unspecified atom stereocenters. The molecule has 2 heterocycles. The van der Waals surface area contributed by atoms with Gasteiger partial charge in [-0.3, -0.25) is 4.57 Å². The van der Waals surface area contributed by atoms with Crippen molar-refractivity contribution < 1.29 is 18.3 Å². The van der Waals surface area contributed by atoms with Crippen LogP contribution in [0.5, 0.6) is 0 Å². The number of aromatic nitrogens is 2. The van der Waals surface area contributed by atoms with Gasteiger partial charge in [-0.05, 0) is 56.9 Å². The van der Waals surface area contributed by atoms with Gasteiger partial charge in [0.1, 0.15) is 24.3 Å². The van der Waals surface area contributed by atoms with Gasteiger partial charge in [0, 0.05) is 10.8 Å². The van der Waals surface area contributed by atoms with Crippen molar-refractivity contribution in [2.24, 2.45) is 5.92 Å². The van der Waals surface area contributed by atoms with Crippen LogP contribution in [0.2, 0.25) is 0 Å². The molecule has 0 radical (unpaired) electrons. The van der Waals surface area contributed by atoms with Gasteiger partial charge in [-0.15, -0.1) is 9.05 Å². The summed E-state index contributed by atoms with van der Waals surface area (Å²) >= 11 is 0. The number of hydrogen-bond donors (Lipinski definition) is 1. The first-order valence-electron chi connectivity index (χ1n) is 8.82. The van der Waals surface area contributed by atoms with Crippen LogP contribution >= 0.6 is 8.25 Å². The highest BCUT2D eigenvalue weighted by molar-refractivity contribution is 7.33. The van der Waals surface area contributed by atoms with Crippen molar-refractivity contribution in [3.63, 3.8) is 0 Å². The summed E-state index contributed by atoms with van der Waals surface area (Å²) in [6, 6.07) is 1.56. The zero-order valence-corrected chi connectivity index (χ0v) is 14.9. The number of nitrogens with zero attached hydrogens (tertiary/aromatic N) is 2. The third kappa shape index (κ3) is 3.62. The number of anilines is 1. The number of nitrogen functional groups attached to an aromatic ring is 1. The van der Waals surface area contributed by atoms with Crippen molar-refractivity contribution in [1.82, 2.24) is 9.55 Å². The molecule has 2 bridgehead atoms. The van der Waals surface area contributed by atoms with E-state index in [9.17, 15) is 9.36 Å². The number of fused-ring (bicyclic) bond motifs is 2. The van der Waals surface area contributed by atoms with Crippen LogP contribution in [0.1, 0.15) is 51.2 Å². The lowest BCUT2D eigenvalue weighted by molar-refractivity contribution is -0.0247.